The quantitative estimate of drug-likeness (QED) is 0.294. The smallest absolute Gasteiger partial charge is 0.258 e. The minimum absolute atomic E-state index is 0.0289. The fourth-order valence-corrected chi connectivity index (χ4v) is 5.80. The highest BCUT2D eigenvalue weighted by Crippen LogP contribution is 2.45. The van der Waals surface area contributed by atoms with E-state index in [1.54, 1.807) is 11.3 Å². The van der Waals surface area contributed by atoms with Crippen LogP contribution in [0.3, 0.4) is 0 Å². The van der Waals surface area contributed by atoms with Crippen molar-refractivity contribution in [1.29, 1.82) is 0 Å². The summed E-state index contributed by atoms with van der Waals surface area (Å²) in [6.07, 6.45) is 0.749. The van der Waals surface area contributed by atoms with Crippen molar-refractivity contribution >= 4 is 51.3 Å². The van der Waals surface area contributed by atoms with Gasteiger partial charge in [-0.1, -0.05) is 23.7 Å². The van der Waals surface area contributed by atoms with E-state index in [0.717, 1.165) is 50.0 Å². The van der Waals surface area contributed by atoms with Crippen molar-refractivity contribution in [2.45, 2.75) is 6.42 Å². The van der Waals surface area contributed by atoms with Crippen LogP contribution in [0.1, 0.15) is 15.9 Å². The molecule has 0 radical (unpaired) electrons. The summed E-state index contributed by atoms with van der Waals surface area (Å²) in [5, 5.41) is 3.70. The van der Waals surface area contributed by atoms with Crippen LogP contribution in [0.25, 0.3) is 32.2 Å². The molecule has 0 unspecified atom stereocenters. The molecular weight excluding hydrogens is 464 g/mol. The number of carbonyl (C=O) groups is 1. The van der Waals surface area contributed by atoms with Crippen LogP contribution in [0, 0.1) is 0 Å². The van der Waals surface area contributed by atoms with Crippen molar-refractivity contribution in [2.24, 2.45) is 0 Å². The van der Waals surface area contributed by atoms with E-state index < -0.39 is 0 Å². The number of halogens is 1. The number of benzene rings is 3. The number of rotatable bonds is 3. The van der Waals surface area contributed by atoms with E-state index in [9.17, 15) is 4.79 Å². The molecule has 0 fully saturated rings. The largest absolute Gasteiger partial charge is 0.388 e. The molecule has 0 spiro atoms. The Hall–Kier alpha value is -3.61. The molecule has 6 rings (SSSR count). The number of hydrogen-bond acceptors (Lipinski definition) is 4. The normalized spacial score (nSPS) is 12.8. The molecule has 0 bridgehead atoms. The first-order valence-corrected chi connectivity index (χ1v) is 12.3. The Bertz CT molecular complexity index is 1500. The fourth-order valence-electron chi connectivity index (χ4n) is 4.45. The molecule has 3 heterocycles. The van der Waals surface area contributed by atoms with Crippen molar-refractivity contribution < 1.29 is 4.79 Å². The third-order valence-corrected chi connectivity index (χ3v) is 7.65. The predicted molar refractivity (Wildman–Crippen MR) is 141 cm³/mol. The number of imidazole rings is 1. The molecule has 0 aliphatic carbocycles. The summed E-state index contributed by atoms with van der Waals surface area (Å²) in [6.45, 7) is 0.573. The first-order valence-electron chi connectivity index (χ1n) is 11.1. The van der Waals surface area contributed by atoms with E-state index in [-0.39, 0.29) is 5.91 Å². The van der Waals surface area contributed by atoms with Crippen LogP contribution in [-0.4, -0.2) is 29.5 Å². The Kier molecular flexibility index (Phi) is 5.12. The van der Waals surface area contributed by atoms with E-state index in [2.05, 4.69) is 16.4 Å². The summed E-state index contributed by atoms with van der Waals surface area (Å²) in [7, 11) is 1.86. The third kappa shape index (κ3) is 3.56. The lowest BCUT2D eigenvalue weighted by Gasteiger charge is -2.23. The van der Waals surface area contributed by atoms with E-state index in [1.165, 1.54) is 5.56 Å². The summed E-state index contributed by atoms with van der Waals surface area (Å²) >= 11 is 8.10. The summed E-state index contributed by atoms with van der Waals surface area (Å²) < 4.78 is 0. The fraction of sp³-hybridized carbons (Fsp3) is 0.111. The minimum atomic E-state index is -0.0289. The van der Waals surface area contributed by atoms with Gasteiger partial charge in [-0.25, -0.2) is 4.98 Å². The van der Waals surface area contributed by atoms with Gasteiger partial charge in [0.05, 0.1) is 21.6 Å². The lowest BCUT2D eigenvalue weighted by Crippen LogP contribution is -2.32. The second kappa shape index (κ2) is 8.31. The molecule has 0 atom stereocenters. The number of anilines is 2. The second-order valence-corrected chi connectivity index (χ2v) is 9.75. The first-order chi connectivity index (χ1) is 16.6. The highest BCUT2D eigenvalue weighted by molar-refractivity contribution is 7.19. The van der Waals surface area contributed by atoms with Crippen molar-refractivity contribution in [1.82, 2.24) is 9.97 Å². The molecular formula is C27H21ClN4OS. The number of aromatic amines is 1. The van der Waals surface area contributed by atoms with Gasteiger partial charge in [0.2, 0.25) is 0 Å². The Balaban J connectivity index is 1.42. The molecule has 2 N–H and O–H groups in total. The highest BCUT2D eigenvalue weighted by Gasteiger charge is 2.27. The summed E-state index contributed by atoms with van der Waals surface area (Å²) in [6, 6.07) is 23.6. The predicted octanol–water partition coefficient (Wildman–Crippen LogP) is 6.86. The van der Waals surface area contributed by atoms with Crippen molar-refractivity contribution in [3.63, 3.8) is 0 Å². The van der Waals surface area contributed by atoms with E-state index in [0.29, 0.717) is 17.1 Å². The topological polar surface area (TPSA) is 61.0 Å². The molecule has 0 saturated carbocycles. The number of amides is 1. The number of hydrogen-bond donors (Lipinski definition) is 2. The maximum Gasteiger partial charge on any atom is 0.258 e. The molecule has 5 nitrogen and oxygen atoms in total. The molecule has 0 saturated heterocycles. The number of thiophene rings is 1. The van der Waals surface area contributed by atoms with Crippen LogP contribution >= 0.6 is 22.9 Å². The number of para-hydroxylation sites is 2. The molecule has 7 heteroatoms. The van der Waals surface area contributed by atoms with E-state index >= 15 is 0 Å². The summed E-state index contributed by atoms with van der Waals surface area (Å²) in [4.78, 5) is 25.8. The van der Waals surface area contributed by atoms with Crippen molar-refractivity contribution in [3.8, 4) is 21.1 Å². The zero-order valence-electron chi connectivity index (χ0n) is 18.4. The Labute approximate surface area is 206 Å². The lowest BCUT2D eigenvalue weighted by molar-refractivity contribution is 0.0987. The van der Waals surface area contributed by atoms with Gasteiger partial charge in [-0.15, -0.1) is 11.3 Å². The van der Waals surface area contributed by atoms with Crippen molar-refractivity contribution in [2.75, 3.05) is 23.8 Å². The van der Waals surface area contributed by atoms with Gasteiger partial charge in [0.1, 0.15) is 5.82 Å². The van der Waals surface area contributed by atoms with Gasteiger partial charge in [-0.05, 0) is 72.6 Å². The standard InChI is InChI=1S/C27H21ClN4OS/c1-29-19-9-6-16(7-10-19)27(33)32-13-12-17-14-24(26-30-21-4-2-3-5-22(21)31-26)34-25(17)20-11-8-18(28)15-23(20)32/h2-11,14-15,29H,12-13H2,1H3,(H,30,31). The Morgan fingerprint density at radius 2 is 1.91 bits per heavy atom. The van der Waals surface area contributed by atoms with Crippen LogP contribution in [0.15, 0.2) is 72.8 Å². The molecule has 34 heavy (non-hydrogen) atoms. The van der Waals surface area contributed by atoms with Gasteiger partial charge in [0.15, 0.2) is 0 Å². The molecule has 5 aromatic rings. The maximum absolute atomic E-state index is 13.5. The van der Waals surface area contributed by atoms with Gasteiger partial charge < -0.3 is 15.2 Å². The summed E-state index contributed by atoms with van der Waals surface area (Å²) in [5.74, 6) is 0.839. The number of aromatic nitrogens is 2. The molecule has 3 aromatic carbocycles. The van der Waals surface area contributed by atoms with Crippen LogP contribution in [-0.2, 0) is 6.42 Å². The van der Waals surface area contributed by atoms with Crippen molar-refractivity contribution in [3.05, 3.63) is 88.9 Å². The number of H-pyrrole nitrogens is 1. The van der Waals surface area contributed by atoms with Gasteiger partial charge in [0, 0.05) is 40.3 Å². The van der Waals surface area contributed by atoms with Crippen LogP contribution < -0.4 is 10.2 Å². The van der Waals surface area contributed by atoms with Crippen LogP contribution in [0.5, 0.6) is 0 Å². The van der Waals surface area contributed by atoms with Crippen LogP contribution in [0.2, 0.25) is 5.02 Å². The van der Waals surface area contributed by atoms with E-state index in [4.69, 9.17) is 16.6 Å². The number of nitrogens with one attached hydrogen (secondary N) is 2. The average molecular weight is 485 g/mol. The number of fused-ring (bicyclic) bond motifs is 4. The van der Waals surface area contributed by atoms with Crippen LogP contribution in [0.4, 0.5) is 11.4 Å². The molecule has 1 amide bonds. The maximum atomic E-state index is 13.5. The second-order valence-electron chi connectivity index (χ2n) is 8.26. The SMILES string of the molecule is CNc1ccc(C(=O)N2CCc3cc(-c4nc5ccccc5[nH]4)sc3-c3ccc(Cl)cc32)cc1. The van der Waals surface area contributed by atoms with Gasteiger partial charge >= 0.3 is 0 Å². The monoisotopic (exact) mass is 484 g/mol. The summed E-state index contributed by atoms with van der Waals surface area (Å²) in [5.41, 5.74) is 6.67. The van der Waals surface area contributed by atoms with Gasteiger partial charge in [-0.3, -0.25) is 4.79 Å². The molecule has 2 aromatic heterocycles. The van der Waals surface area contributed by atoms with E-state index in [1.807, 2.05) is 78.7 Å². The molecule has 1 aliphatic rings. The van der Waals surface area contributed by atoms with Gasteiger partial charge in [-0.2, -0.15) is 0 Å². The average Bonchev–Trinajstić information content (AvgIpc) is 3.45. The highest BCUT2D eigenvalue weighted by atomic mass is 35.5. The number of carbonyl (C=O) groups excluding carboxylic acids is 1. The first kappa shape index (κ1) is 21.0. The zero-order chi connectivity index (χ0) is 23.2. The van der Waals surface area contributed by atoms with Gasteiger partial charge in [0.25, 0.3) is 5.91 Å². The minimum Gasteiger partial charge on any atom is -0.388 e. The Morgan fingerprint density at radius 1 is 1.09 bits per heavy atom. The zero-order valence-corrected chi connectivity index (χ0v) is 20.0. The third-order valence-electron chi connectivity index (χ3n) is 6.20. The number of nitrogens with zero attached hydrogens (tertiary/aromatic N) is 2. The molecule has 168 valence electrons. The lowest BCUT2D eigenvalue weighted by atomic mass is 10.1. The molecule has 1 aliphatic heterocycles. The Morgan fingerprint density at radius 3 is 2.71 bits per heavy atom.